The molecule has 0 aliphatic carbocycles. The maximum absolute atomic E-state index is 9.11. The third kappa shape index (κ3) is 3.66. The zero-order valence-electron chi connectivity index (χ0n) is 9.23. The zero-order chi connectivity index (χ0) is 11.3. The van der Waals surface area contributed by atoms with Crippen LogP contribution >= 0.6 is 0 Å². The second-order valence-electron chi connectivity index (χ2n) is 4.21. The highest BCUT2D eigenvalue weighted by molar-refractivity contribution is 5.00. The fourth-order valence-corrected chi connectivity index (χ4v) is 1.52. The maximum Gasteiger partial charge on any atom is 0.105 e. The minimum absolute atomic E-state index is 0.0913. The molecule has 0 radical (unpaired) electrons. The predicted octanol–water partition coefficient (Wildman–Crippen LogP) is 0.543. The number of nitrogens with one attached hydrogen (secondary N) is 1. The molecule has 1 aromatic rings. The van der Waals surface area contributed by atoms with Crippen LogP contribution in [0.25, 0.3) is 0 Å². The number of aliphatic hydroxyl groups excluding tert-OH is 2. The molecule has 4 nitrogen and oxygen atoms in total. The minimum atomic E-state index is -0.633. The lowest BCUT2D eigenvalue weighted by Gasteiger charge is -2.30. The standard InChI is InChI=1S/C11H19NO3/c1-9(6-10-4-3-5-15-10)12-11(2,7-13)8-14/h3-5,9,12-14H,6-8H2,1-2H3. The average molecular weight is 213 g/mol. The lowest BCUT2D eigenvalue weighted by atomic mass is 10.0. The molecule has 15 heavy (non-hydrogen) atoms. The first-order chi connectivity index (χ1) is 7.09. The van der Waals surface area contributed by atoms with Crippen LogP contribution in [0.3, 0.4) is 0 Å². The molecule has 0 saturated carbocycles. The van der Waals surface area contributed by atoms with Crippen molar-refractivity contribution in [3.05, 3.63) is 24.2 Å². The van der Waals surface area contributed by atoms with E-state index < -0.39 is 5.54 Å². The molecule has 1 rings (SSSR count). The van der Waals surface area contributed by atoms with E-state index in [9.17, 15) is 0 Å². The van der Waals surface area contributed by atoms with Gasteiger partial charge in [0.15, 0.2) is 0 Å². The van der Waals surface area contributed by atoms with E-state index in [2.05, 4.69) is 5.32 Å². The summed E-state index contributed by atoms with van der Waals surface area (Å²) in [5.74, 6) is 0.897. The molecule has 1 aromatic heterocycles. The van der Waals surface area contributed by atoms with Crippen molar-refractivity contribution in [2.45, 2.75) is 31.8 Å². The smallest absolute Gasteiger partial charge is 0.105 e. The van der Waals surface area contributed by atoms with Crippen LogP contribution in [0.1, 0.15) is 19.6 Å². The van der Waals surface area contributed by atoms with Gasteiger partial charge in [-0.3, -0.25) is 0 Å². The fraction of sp³-hybridized carbons (Fsp3) is 0.636. The van der Waals surface area contributed by atoms with Crippen molar-refractivity contribution in [3.63, 3.8) is 0 Å². The summed E-state index contributed by atoms with van der Waals surface area (Å²) < 4.78 is 5.22. The van der Waals surface area contributed by atoms with Crippen molar-refractivity contribution < 1.29 is 14.6 Å². The average Bonchev–Trinajstić information content (AvgIpc) is 2.70. The van der Waals surface area contributed by atoms with Gasteiger partial charge in [-0.25, -0.2) is 0 Å². The van der Waals surface area contributed by atoms with Gasteiger partial charge in [0.1, 0.15) is 5.76 Å². The van der Waals surface area contributed by atoms with Crippen LogP contribution in [0.4, 0.5) is 0 Å². The van der Waals surface area contributed by atoms with Gasteiger partial charge in [0, 0.05) is 12.5 Å². The third-order valence-corrected chi connectivity index (χ3v) is 2.38. The molecule has 0 bridgehead atoms. The van der Waals surface area contributed by atoms with Gasteiger partial charge in [0.05, 0.1) is 25.0 Å². The lowest BCUT2D eigenvalue weighted by Crippen LogP contribution is -2.53. The highest BCUT2D eigenvalue weighted by Gasteiger charge is 2.24. The Morgan fingerprint density at radius 1 is 1.47 bits per heavy atom. The molecule has 1 unspecified atom stereocenters. The van der Waals surface area contributed by atoms with Crippen molar-refractivity contribution in [1.82, 2.24) is 5.32 Å². The second kappa shape index (κ2) is 5.30. The van der Waals surface area contributed by atoms with E-state index in [1.165, 1.54) is 0 Å². The number of hydrogen-bond donors (Lipinski definition) is 3. The van der Waals surface area contributed by atoms with Gasteiger partial charge in [-0.05, 0) is 26.0 Å². The molecule has 0 fully saturated rings. The second-order valence-corrected chi connectivity index (χ2v) is 4.21. The molecule has 0 aromatic carbocycles. The molecule has 0 saturated heterocycles. The SMILES string of the molecule is CC(Cc1ccco1)NC(C)(CO)CO. The highest BCUT2D eigenvalue weighted by Crippen LogP contribution is 2.08. The molecule has 86 valence electrons. The normalized spacial score (nSPS) is 14.1. The van der Waals surface area contributed by atoms with E-state index in [0.29, 0.717) is 0 Å². The quantitative estimate of drug-likeness (QED) is 0.645. The summed E-state index contributed by atoms with van der Waals surface area (Å²) >= 11 is 0. The van der Waals surface area contributed by atoms with E-state index in [1.54, 1.807) is 13.2 Å². The van der Waals surface area contributed by atoms with Gasteiger partial charge >= 0.3 is 0 Å². The minimum Gasteiger partial charge on any atom is -0.469 e. The van der Waals surface area contributed by atoms with Crippen molar-refractivity contribution >= 4 is 0 Å². The van der Waals surface area contributed by atoms with E-state index in [-0.39, 0.29) is 19.3 Å². The van der Waals surface area contributed by atoms with Crippen molar-refractivity contribution in [1.29, 1.82) is 0 Å². The molecule has 0 amide bonds. The Kier molecular flexibility index (Phi) is 4.32. The molecule has 0 aliphatic rings. The van der Waals surface area contributed by atoms with Gasteiger partial charge in [-0.2, -0.15) is 0 Å². The molecule has 1 heterocycles. The van der Waals surface area contributed by atoms with Crippen molar-refractivity contribution in [3.8, 4) is 0 Å². The summed E-state index contributed by atoms with van der Waals surface area (Å²) in [5, 5.41) is 21.4. The molecule has 4 heteroatoms. The van der Waals surface area contributed by atoms with Gasteiger partial charge in [-0.1, -0.05) is 0 Å². The highest BCUT2D eigenvalue weighted by atomic mass is 16.3. The largest absolute Gasteiger partial charge is 0.469 e. The summed E-state index contributed by atoms with van der Waals surface area (Å²) in [6, 6.07) is 3.90. The lowest BCUT2D eigenvalue weighted by molar-refractivity contribution is 0.0951. The summed E-state index contributed by atoms with van der Waals surface area (Å²) in [6.45, 7) is 3.59. The van der Waals surface area contributed by atoms with Crippen LogP contribution in [0.2, 0.25) is 0 Å². The Labute approximate surface area is 89.9 Å². The summed E-state index contributed by atoms with van der Waals surface area (Å²) in [5.41, 5.74) is -0.633. The molecule has 1 atom stereocenters. The number of hydrogen-bond acceptors (Lipinski definition) is 4. The van der Waals surface area contributed by atoms with E-state index >= 15 is 0 Å². The van der Waals surface area contributed by atoms with E-state index in [1.807, 2.05) is 19.1 Å². The van der Waals surface area contributed by atoms with E-state index in [0.717, 1.165) is 12.2 Å². The Morgan fingerprint density at radius 2 is 2.13 bits per heavy atom. The van der Waals surface area contributed by atoms with Gasteiger partial charge < -0.3 is 19.9 Å². The number of aliphatic hydroxyl groups is 2. The zero-order valence-corrected chi connectivity index (χ0v) is 9.23. The Balaban J connectivity index is 2.44. The first kappa shape index (κ1) is 12.2. The van der Waals surface area contributed by atoms with Crippen molar-refractivity contribution in [2.24, 2.45) is 0 Å². The third-order valence-electron chi connectivity index (χ3n) is 2.38. The molecule has 0 spiro atoms. The summed E-state index contributed by atoms with van der Waals surface area (Å²) in [4.78, 5) is 0. The Morgan fingerprint density at radius 3 is 2.60 bits per heavy atom. The van der Waals surface area contributed by atoms with E-state index in [4.69, 9.17) is 14.6 Å². The number of furan rings is 1. The van der Waals surface area contributed by atoms with Gasteiger partial charge in [0.2, 0.25) is 0 Å². The van der Waals surface area contributed by atoms with Crippen LogP contribution < -0.4 is 5.32 Å². The Hall–Kier alpha value is -0.840. The maximum atomic E-state index is 9.11. The molecular weight excluding hydrogens is 194 g/mol. The molecule has 3 N–H and O–H groups in total. The predicted molar refractivity (Wildman–Crippen MR) is 57.6 cm³/mol. The van der Waals surface area contributed by atoms with Crippen LogP contribution in [-0.4, -0.2) is 35.0 Å². The van der Waals surface area contributed by atoms with Gasteiger partial charge in [-0.15, -0.1) is 0 Å². The van der Waals surface area contributed by atoms with Gasteiger partial charge in [0.25, 0.3) is 0 Å². The molecule has 0 aliphatic heterocycles. The van der Waals surface area contributed by atoms with Crippen LogP contribution in [-0.2, 0) is 6.42 Å². The first-order valence-electron chi connectivity index (χ1n) is 5.11. The first-order valence-corrected chi connectivity index (χ1v) is 5.11. The summed E-state index contributed by atoms with van der Waals surface area (Å²) in [7, 11) is 0. The molecular formula is C11H19NO3. The Bertz CT molecular complexity index is 267. The van der Waals surface area contributed by atoms with Crippen molar-refractivity contribution in [2.75, 3.05) is 13.2 Å². The fourth-order valence-electron chi connectivity index (χ4n) is 1.52. The van der Waals surface area contributed by atoms with Crippen LogP contribution in [0.5, 0.6) is 0 Å². The topological polar surface area (TPSA) is 65.6 Å². The monoisotopic (exact) mass is 213 g/mol. The number of rotatable bonds is 6. The summed E-state index contributed by atoms with van der Waals surface area (Å²) in [6.07, 6.45) is 2.38. The van der Waals surface area contributed by atoms with Crippen LogP contribution in [0, 0.1) is 0 Å². The van der Waals surface area contributed by atoms with Crippen LogP contribution in [0.15, 0.2) is 22.8 Å².